The second-order valence-corrected chi connectivity index (χ2v) is 4.51. The van der Waals surface area contributed by atoms with Gasteiger partial charge in [0.15, 0.2) is 5.69 Å². The first-order valence-corrected chi connectivity index (χ1v) is 6.15. The number of carbonyl (C=O) groups is 1. The molecule has 0 unspecified atom stereocenters. The minimum absolute atomic E-state index is 0.0323. The number of aromatic hydroxyl groups is 1. The van der Waals surface area contributed by atoms with Crippen molar-refractivity contribution in [2.45, 2.75) is 26.2 Å². The van der Waals surface area contributed by atoms with Crippen molar-refractivity contribution in [3.8, 4) is 5.75 Å². The lowest BCUT2D eigenvalue weighted by Gasteiger charge is -2.31. The van der Waals surface area contributed by atoms with Gasteiger partial charge in [-0.2, -0.15) is 0 Å². The zero-order valence-electron chi connectivity index (χ0n) is 10.1. The van der Waals surface area contributed by atoms with Crippen LogP contribution in [-0.4, -0.2) is 34.0 Å². The third-order valence-corrected chi connectivity index (χ3v) is 3.47. The maximum atomic E-state index is 12.1. The highest BCUT2D eigenvalue weighted by Gasteiger charge is 2.24. The minimum Gasteiger partial charge on any atom is -0.505 e. The van der Waals surface area contributed by atoms with Gasteiger partial charge in [0.25, 0.3) is 5.91 Å². The molecule has 4 heteroatoms. The molecular formula is C13H18N2O2. The van der Waals surface area contributed by atoms with Crippen LogP contribution in [0, 0.1) is 5.92 Å². The summed E-state index contributed by atoms with van der Waals surface area (Å²) < 4.78 is 0. The number of piperidine rings is 1. The average molecular weight is 234 g/mol. The fraction of sp³-hybridized carbons (Fsp3) is 0.538. The molecule has 1 aliphatic heterocycles. The fourth-order valence-electron chi connectivity index (χ4n) is 2.26. The van der Waals surface area contributed by atoms with Crippen LogP contribution in [0.25, 0.3) is 0 Å². The number of likely N-dealkylation sites (tertiary alicyclic amines) is 1. The molecule has 0 aromatic carbocycles. The predicted molar refractivity (Wildman–Crippen MR) is 64.8 cm³/mol. The molecule has 2 rings (SSSR count). The summed E-state index contributed by atoms with van der Waals surface area (Å²) in [6.45, 7) is 3.73. The van der Waals surface area contributed by atoms with E-state index in [2.05, 4.69) is 11.9 Å². The van der Waals surface area contributed by atoms with Crippen LogP contribution in [0.4, 0.5) is 0 Å². The number of rotatable bonds is 2. The van der Waals surface area contributed by atoms with Gasteiger partial charge in [-0.25, -0.2) is 4.98 Å². The van der Waals surface area contributed by atoms with Crippen molar-refractivity contribution in [1.29, 1.82) is 0 Å². The largest absolute Gasteiger partial charge is 0.505 e. The van der Waals surface area contributed by atoms with Crippen LogP contribution < -0.4 is 0 Å². The van der Waals surface area contributed by atoms with Crippen LogP contribution in [0.1, 0.15) is 36.7 Å². The molecule has 0 spiro atoms. The SMILES string of the molecule is CCC1CCN(C(=O)c2ncccc2O)CC1. The Morgan fingerprint density at radius 1 is 1.53 bits per heavy atom. The van der Waals surface area contributed by atoms with Crippen molar-refractivity contribution in [2.75, 3.05) is 13.1 Å². The van der Waals surface area contributed by atoms with Crippen LogP contribution in [0.2, 0.25) is 0 Å². The molecule has 0 bridgehead atoms. The van der Waals surface area contributed by atoms with Crippen LogP contribution in [-0.2, 0) is 0 Å². The van der Waals surface area contributed by atoms with Crippen molar-refractivity contribution >= 4 is 5.91 Å². The molecule has 0 radical (unpaired) electrons. The predicted octanol–water partition coefficient (Wildman–Crippen LogP) is 2.05. The maximum Gasteiger partial charge on any atom is 0.276 e. The van der Waals surface area contributed by atoms with Gasteiger partial charge in [0.2, 0.25) is 0 Å². The normalized spacial score (nSPS) is 17.1. The lowest BCUT2D eigenvalue weighted by Crippen LogP contribution is -2.38. The molecule has 1 N–H and O–H groups in total. The zero-order valence-corrected chi connectivity index (χ0v) is 10.1. The maximum absolute atomic E-state index is 12.1. The van der Waals surface area contributed by atoms with E-state index >= 15 is 0 Å². The van der Waals surface area contributed by atoms with Gasteiger partial charge in [-0.3, -0.25) is 4.79 Å². The van der Waals surface area contributed by atoms with Gasteiger partial charge in [0.1, 0.15) is 5.75 Å². The van der Waals surface area contributed by atoms with Crippen molar-refractivity contribution < 1.29 is 9.90 Å². The third-order valence-electron chi connectivity index (χ3n) is 3.47. The highest BCUT2D eigenvalue weighted by atomic mass is 16.3. The highest BCUT2D eigenvalue weighted by molar-refractivity contribution is 5.94. The van der Waals surface area contributed by atoms with E-state index in [1.165, 1.54) is 18.7 Å². The van der Waals surface area contributed by atoms with Crippen molar-refractivity contribution in [2.24, 2.45) is 5.92 Å². The van der Waals surface area contributed by atoms with Crippen LogP contribution in [0.5, 0.6) is 5.75 Å². The Kier molecular flexibility index (Phi) is 3.61. The van der Waals surface area contributed by atoms with E-state index in [9.17, 15) is 9.90 Å². The van der Waals surface area contributed by atoms with Gasteiger partial charge in [-0.1, -0.05) is 13.3 Å². The standard InChI is InChI=1S/C13H18N2O2/c1-2-10-5-8-15(9-6-10)13(17)12-11(16)4-3-7-14-12/h3-4,7,10,16H,2,5-6,8-9H2,1H3. The Bertz CT molecular complexity index is 398. The van der Waals surface area contributed by atoms with Crippen LogP contribution >= 0.6 is 0 Å². The number of aromatic nitrogens is 1. The van der Waals surface area contributed by atoms with Gasteiger partial charge < -0.3 is 10.0 Å². The molecule has 1 amide bonds. The summed E-state index contributed by atoms with van der Waals surface area (Å²) in [5.74, 6) is 0.546. The number of hydrogen-bond donors (Lipinski definition) is 1. The summed E-state index contributed by atoms with van der Waals surface area (Å²) in [5.41, 5.74) is 0.169. The third kappa shape index (κ3) is 2.57. The lowest BCUT2D eigenvalue weighted by atomic mass is 9.94. The summed E-state index contributed by atoms with van der Waals surface area (Å²) in [4.78, 5) is 17.9. The second kappa shape index (κ2) is 5.17. The van der Waals surface area contributed by atoms with Gasteiger partial charge >= 0.3 is 0 Å². The van der Waals surface area contributed by atoms with Crippen molar-refractivity contribution in [3.05, 3.63) is 24.0 Å². The summed E-state index contributed by atoms with van der Waals surface area (Å²) >= 11 is 0. The van der Waals surface area contributed by atoms with E-state index in [0.717, 1.165) is 31.8 Å². The van der Waals surface area contributed by atoms with Gasteiger partial charge in [-0.05, 0) is 30.9 Å². The van der Waals surface area contributed by atoms with Gasteiger partial charge in [0, 0.05) is 19.3 Å². The lowest BCUT2D eigenvalue weighted by molar-refractivity contribution is 0.0679. The van der Waals surface area contributed by atoms with Gasteiger partial charge in [-0.15, -0.1) is 0 Å². The molecule has 0 atom stereocenters. The van der Waals surface area contributed by atoms with E-state index in [0.29, 0.717) is 0 Å². The minimum atomic E-state index is -0.155. The Morgan fingerprint density at radius 2 is 2.24 bits per heavy atom. The zero-order chi connectivity index (χ0) is 12.3. The first-order valence-electron chi connectivity index (χ1n) is 6.15. The Morgan fingerprint density at radius 3 is 2.82 bits per heavy atom. The molecule has 92 valence electrons. The van der Waals surface area contributed by atoms with Crippen LogP contribution in [0.3, 0.4) is 0 Å². The molecular weight excluding hydrogens is 216 g/mol. The molecule has 4 nitrogen and oxygen atoms in total. The Balaban J connectivity index is 2.04. The summed E-state index contributed by atoms with van der Waals surface area (Å²) in [6, 6.07) is 3.12. The highest BCUT2D eigenvalue weighted by Crippen LogP contribution is 2.22. The van der Waals surface area contributed by atoms with Crippen molar-refractivity contribution in [3.63, 3.8) is 0 Å². The molecule has 0 aliphatic carbocycles. The average Bonchev–Trinajstić information content (AvgIpc) is 2.39. The number of nitrogens with zero attached hydrogens (tertiary/aromatic N) is 2. The van der Waals surface area contributed by atoms with E-state index in [1.54, 1.807) is 11.0 Å². The first kappa shape index (κ1) is 11.9. The number of amides is 1. The van der Waals surface area contributed by atoms with E-state index in [-0.39, 0.29) is 17.4 Å². The summed E-state index contributed by atoms with van der Waals surface area (Å²) in [6.07, 6.45) is 4.81. The molecule has 2 heterocycles. The summed E-state index contributed by atoms with van der Waals surface area (Å²) in [5, 5.41) is 9.60. The van der Waals surface area contributed by atoms with E-state index < -0.39 is 0 Å². The molecule has 1 aromatic rings. The fourth-order valence-corrected chi connectivity index (χ4v) is 2.26. The topological polar surface area (TPSA) is 53.4 Å². The van der Waals surface area contributed by atoms with Gasteiger partial charge in [0.05, 0.1) is 0 Å². The van der Waals surface area contributed by atoms with E-state index in [4.69, 9.17) is 0 Å². The molecule has 1 saturated heterocycles. The molecule has 1 aromatic heterocycles. The van der Waals surface area contributed by atoms with Crippen LogP contribution in [0.15, 0.2) is 18.3 Å². The molecule has 0 saturated carbocycles. The number of carbonyl (C=O) groups excluding carboxylic acids is 1. The smallest absolute Gasteiger partial charge is 0.276 e. The Labute approximate surface area is 101 Å². The number of hydrogen-bond acceptors (Lipinski definition) is 3. The molecule has 17 heavy (non-hydrogen) atoms. The first-order chi connectivity index (χ1) is 8.22. The monoisotopic (exact) mass is 234 g/mol. The quantitative estimate of drug-likeness (QED) is 0.852. The number of pyridine rings is 1. The molecule has 1 fully saturated rings. The Hall–Kier alpha value is -1.58. The van der Waals surface area contributed by atoms with Crippen molar-refractivity contribution in [1.82, 2.24) is 9.88 Å². The van der Waals surface area contributed by atoms with E-state index in [1.807, 2.05) is 0 Å². The second-order valence-electron chi connectivity index (χ2n) is 4.51. The molecule has 1 aliphatic rings. The summed E-state index contributed by atoms with van der Waals surface area (Å²) in [7, 11) is 0.